The molecule has 2 aromatic rings. The van der Waals surface area contributed by atoms with Crippen molar-refractivity contribution in [2.24, 2.45) is 0 Å². The number of halogens is 3. The van der Waals surface area contributed by atoms with Crippen molar-refractivity contribution in [3.05, 3.63) is 59.2 Å². The van der Waals surface area contributed by atoms with Gasteiger partial charge < -0.3 is 19.7 Å². The Labute approximate surface area is 174 Å². The van der Waals surface area contributed by atoms with Crippen molar-refractivity contribution in [1.29, 1.82) is 0 Å². The van der Waals surface area contributed by atoms with Crippen LogP contribution in [0.3, 0.4) is 0 Å². The number of fused-ring (bicyclic) bond motifs is 2. The average Bonchev–Trinajstić information content (AvgIpc) is 3.14. The Morgan fingerprint density at radius 1 is 1.13 bits per heavy atom. The Bertz CT molecular complexity index is 956. The number of para-hydroxylation sites is 1. The van der Waals surface area contributed by atoms with E-state index in [4.69, 9.17) is 9.47 Å². The Kier molecular flexibility index (Phi) is 5.54. The number of rotatable bonds is 5. The van der Waals surface area contributed by atoms with Crippen molar-refractivity contribution in [3.63, 3.8) is 0 Å². The van der Waals surface area contributed by atoms with Gasteiger partial charge in [-0.05, 0) is 42.2 Å². The van der Waals surface area contributed by atoms with Gasteiger partial charge in [0.1, 0.15) is 6.54 Å². The zero-order chi connectivity index (χ0) is 21.3. The first-order valence-corrected chi connectivity index (χ1v) is 9.99. The fourth-order valence-corrected chi connectivity index (χ4v) is 4.35. The molecule has 1 unspecified atom stereocenters. The predicted octanol–water partition coefficient (Wildman–Crippen LogP) is 5.06. The molecular formula is C23H25F3N2O2. The van der Waals surface area contributed by atoms with Crippen LogP contribution in [0.15, 0.2) is 42.5 Å². The molecule has 2 heterocycles. The van der Waals surface area contributed by atoms with Gasteiger partial charge in [-0.25, -0.2) is 0 Å². The number of allylic oxidation sites excluding steroid dienone is 1. The maximum atomic E-state index is 13.3. The molecule has 0 saturated heterocycles. The number of hydrogen-bond donors (Lipinski definition) is 1. The van der Waals surface area contributed by atoms with Crippen LogP contribution in [0.2, 0.25) is 0 Å². The van der Waals surface area contributed by atoms with E-state index in [-0.39, 0.29) is 5.92 Å². The van der Waals surface area contributed by atoms with Crippen LogP contribution in [0, 0.1) is 0 Å². The van der Waals surface area contributed by atoms with Crippen molar-refractivity contribution in [1.82, 2.24) is 4.90 Å². The highest BCUT2D eigenvalue weighted by atomic mass is 19.4. The van der Waals surface area contributed by atoms with Crippen LogP contribution in [0.25, 0.3) is 5.70 Å². The van der Waals surface area contributed by atoms with Crippen molar-refractivity contribution in [3.8, 4) is 11.5 Å². The molecular weight excluding hydrogens is 393 g/mol. The lowest BCUT2D eigenvalue weighted by Gasteiger charge is -2.34. The summed E-state index contributed by atoms with van der Waals surface area (Å²) in [6, 6.07) is 11.8. The van der Waals surface area contributed by atoms with Crippen LogP contribution in [0.5, 0.6) is 11.5 Å². The average molecular weight is 418 g/mol. The van der Waals surface area contributed by atoms with Crippen molar-refractivity contribution >= 4 is 11.4 Å². The lowest BCUT2D eigenvalue weighted by Crippen LogP contribution is -2.37. The lowest BCUT2D eigenvalue weighted by molar-refractivity contribution is -0.139. The first-order valence-electron chi connectivity index (χ1n) is 9.99. The van der Waals surface area contributed by atoms with E-state index in [9.17, 15) is 13.2 Å². The Hall–Kier alpha value is -2.83. The van der Waals surface area contributed by atoms with Crippen LogP contribution in [0.4, 0.5) is 18.9 Å². The van der Waals surface area contributed by atoms with E-state index in [0.717, 1.165) is 23.4 Å². The highest BCUT2D eigenvalue weighted by Crippen LogP contribution is 2.40. The second kappa shape index (κ2) is 8.13. The number of methoxy groups -OCH3 is 2. The first kappa shape index (κ1) is 20.4. The van der Waals surface area contributed by atoms with Gasteiger partial charge in [-0.2, -0.15) is 13.2 Å². The third kappa shape index (κ3) is 4.06. The number of alkyl halides is 3. The van der Waals surface area contributed by atoms with Gasteiger partial charge in [-0.15, -0.1) is 0 Å². The predicted molar refractivity (Wildman–Crippen MR) is 111 cm³/mol. The second-order valence-electron chi connectivity index (χ2n) is 7.64. The summed E-state index contributed by atoms with van der Waals surface area (Å²) < 4.78 is 50.6. The molecule has 2 aromatic carbocycles. The largest absolute Gasteiger partial charge is 0.493 e. The molecule has 7 heteroatoms. The molecule has 0 radical (unpaired) electrons. The molecule has 4 rings (SSSR count). The molecule has 0 fully saturated rings. The van der Waals surface area contributed by atoms with Gasteiger partial charge in [-0.1, -0.05) is 24.3 Å². The van der Waals surface area contributed by atoms with E-state index in [1.807, 2.05) is 30.3 Å². The van der Waals surface area contributed by atoms with Crippen LogP contribution in [-0.2, 0) is 6.42 Å². The molecule has 0 amide bonds. The third-order valence-corrected chi connectivity index (χ3v) is 5.78. The standard InChI is InChI=1S/C23H25F3N2O2/c1-29-21-11-15-9-10-28(14-23(24,25)26)20(18(15)12-22(21)30-2)8-7-16-13-27-19-6-4-3-5-17(16)19/h3-6,8,11-12,16,27H,7,9-10,13-14H2,1-2H3/b20-8+. The summed E-state index contributed by atoms with van der Waals surface area (Å²) in [4.78, 5) is 1.43. The van der Waals surface area contributed by atoms with Gasteiger partial charge in [0, 0.05) is 36.0 Å². The lowest BCUT2D eigenvalue weighted by atomic mass is 9.92. The van der Waals surface area contributed by atoms with Gasteiger partial charge in [0.2, 0.25) is 0 Å². The molecule has 0 bridgehead atoms. The van der Waals surface area contributed by atoms with Gasteiger partial charge in [0.15, 0.2) is 11.5 Å². The summed E-state index contributed by atoms with van der Waals surface area (Å²) in [5.74, 6) is 1.34. The molecule has 0 saturated carbocycles. The Morgan fingerprint density at radius 2 is 1.87 bits per heavy atom. The monoisotopic (exact) mass is 418 g/mol. The highest BCUT2D eigenvalue weighted by Gasteiger charge is 2.34. The fraction of sp³-hybridized carbons (Fsp3) is 0.391. The van der Waals surface area contributed by atoms with Crippen molar-refractivity contribution < 1.29 is 22.6 Å². The van der Waals surface area contributed by atoms with E-state index < -0.39 is 12.7 Å². The minimum atomic E-state index is -4.27. The normalized spacial score (nSPS) is 19.3. The van der Waals surface area contributed by atoms with Gasteiger partial charge in [0.05, 0.1) is 14.2 Å². The van der Waals surface area contributed by atoms with Crippen LogP contribution in [-0.4, -0.2) is 44.9 Å². The maximum absolute atomic E-state index is 13.3. The number of nitrogens with one attached hydrogen (secondary N) is 1. The molecule has 0 aliphatic carbocycles. The molecule has 2 aliphatic rings. The summed E-state index contributed by atoms with van der Waals surface area (Å²) in [6.45, 7) is 0.126. The van der Waals surface area contributed by atoms with Crippen LogP contribution < -0.4 is 14.8 Å². The number of ether oxygens (including phenoxy) is 2. The van der Waals surface area contributed by atoms with Gasteiger partial charge in [0.25, 0.3) is 0 Å². The molecule has 0 spiro atoms. The summed E-state index contributed by atoms with van der Waals surface area (Å²) in [5, 5.41) is 3.38. The Balaban J connectivity index is 1.70. The van der Waals surface area contributed by atoms with E-state index >= 15 is 0 Å². The molecule has 1 N–H and O–H groups in total. The molecule has 30 heavy (non-hydrogen) atoms. The topological polar surface area (TPSA) is 33.7 Å². The summed E-state index contributed by atoms with van der Waals surface area (Å²) in [7, 11) is 3.09. The first-order chi connectivity index (χ1) is 14.4. The zero-order valence-corrected chi connectivity index (χ0v) is 17.1. The maximum Gasteiger partial charge on any atom is 0.405 e. The fourth-order valence-electron chi connectivity index (χ4n) is 4.35. The summed E-state index contributed by atoms with van der Waals surface area (Å²) >= 11 is 0. The SMILES string of the molecule is COc1cc2c(cc1OC)/C(=C\CC1CNc3ccccc31)N(CC(F)(F)F)CC2. The third-order valence-electron chi connectivity index (χ3n) is 5.78. The Morgan fingerprint density at radius 3 is 2.60 bits per heavy atom. The second-order valence-corrected chi connectivity index (χ2v) is 7.64. The minimum absolute atomic E-state index is 0.229. The summed E-state index contributed by atoms with van der Waals surface area (Å²) in [5.41, 5.74) is 4.67. The van der Waals surface area contributed by atoms with Crippen LogP contribution >= 0.6 is 0 Å². The van der Waals surface area contributed by atoms with E-state index in [0.29, 0.717) is 36.6 Å². The molecule has 4 nitrogen and oxygen atoms in total. The smallest absolute Gasteiger partial charge is 0.405 e. The quantitative estimate of drug-likeness (QED) is 0.736. The molecule has 0 aromatic heterocycles. The van der Waals surface area contributed by atoms with Gasteiger partial charge >= 0.3 is 6.18 Å². The number of nitrogens with zero attached hydrogens (tertiary/aromatic N) is 1. The zero-order valence-electron chi connectivity index (χ0n) is 17.1. The van der Waals surface area contributed by atoms with Crippen molar-refractivity contribution in [2.75, 3.05) is 39.2 Å². The highest BCUT2D eigenvalue weighted by molar-refractivity contribution is 5.72. The number of benzene rings is 2. The van der Waals surface area contributed by atoms with E-state index in [2.05, 4.69) is 11.4 Å². The van der Waals surface area contributed by atoms with Crippen LogP contribution in [0.1, 0.15) is 29.0 Å². The van der Waals surface area contributed by atoms with E-state index in [1.54, 1.807) is 13.2 Å². The molecule has 2 aliphatic heterocycles. The number of anilines is 1. The van der Waals surface area contributed by atoms with Gasteiger partial charge in [-0.3, -0.25) is 0 Å². The molecule has 1 atom stereocenters. The van der Waals surface area contributed by atoms with E-state index in [1.165, 1.54) is 17.6 Å². The number of hydrogen-bond acceptors (Lipinski definition) is 4. The van der Waals surface area contributed by atoms with Crippen molar-refractivity contribution in [2.45, 2.75) is 24.9 Å². The minimum Gasteiger partial charge on any atom is -0.493 e. The summed E-state index contributed by atoms with van der Waals surface area (Å²) in [6.07, 6.45) is -1.14. The molecule has 160 valence electrons.